The number of benzene rings is 1. The summed E-state index contributed by atoms with van der Waals surface area (Å²) in [6, 6.07) is 8.95. The summed E-state index contributed by atoms with van der Waals surface area (Å²) in [6.07, 6.45) is 4.97. The summed E-state index contributed by atoms with van der Waals surface area (Å²) in [6.45, 7) is 10.1. The summed E-state index contributed by atoms with van der Waals surface area (Å²) in [5.41, 5.74) is 8.93. The summed E-state index contributed by atoms with van der Waals surface area (Å²) >= 11 is 0. The fraction of sp³-hybridized carbons (Fsp3) is 0.667. The highest BCUT2D eigenvalue weighted by atomic mass is 15.1. The van der Waals surface area contributed by atoms with Crippen molar-refractivity contribution in [1.29, 1.82) is 0 Å². The van der Waals surface area contributed by atoms with Gasteiger partial charge in [0.15, 0.2) is 0 Å². The zero-order valence-electron chi connectivity index (χ0n) is 13.4. The van der Waals surface area contributed by atoms with E-state index < -0.39 is 0 Å². The van der Waals surface area contributed by atoms with Crippen molar-refractivity contribution >= 4 is 0 Å². The second-order valence-corrected chi connectivity index (χ2v) is 7.21. The molecule has 0 saturated carbocycles. The average molecular weight is 274 g/mol. The van der Waals surface area contributed by atoms with E-state index in [1.165, 1.54) is 56.4 Å². The molecule has 2 nitrogen and oxygen atoms in total. The number of rotatable bonds is 5. The van der Waals surface area contributed by atoms with E-state index in [9.17, 15) is 0 Å². The predicted octanol–water partition coefficient (Wildman–Crippen LogP) is 3.38. The zero-order chi connectivity index (χ0) is 14.6. The molecule has 1 aromatic rings. The van der Waals surface area contributed by atoms with E-state index in [-0.39, 0.29) is 5.54 Å². The molecule has 2 heteroatoms. The van der Waals surface area contributed by atoms with Gasteiger partial charge in [0, 0.05) is 12.1 Å². The lowest BCUT2D eigenvalue weighted by Crippen LogP contribution is -2.40. The standard InChI is InChI=1S/C18H30N2/c1-15-4-6-16(7-5-15)8-11-20-12-9-17(10-13-20)14-18(2,3)19/h4-7,17H,8-14,19H2,1-3H3. The summed E-state index contributed by atoms with van der Waals surface area (Å²) in [7, 11) is 0. The molecule has 1 aliphatic rings. The van der Waals surface area contributed by atoms with Crippen LogP contribution in [-0.4, -0.2) is 30.1 Å². The van der Waals surface area contributed by atoms with E-state index in [1.807, 2.05) is 0 Å². The smallest absolute Gasteiger partial charge is 0.00997 e. The van der Waals surface area contributed by atoms with E-state index in [2.05, 4.69) is 49.9 Å². The Labute approximate surface area is 124 Å². The molecule has 2 N–H and O–H groups in total. The Bertz CT molecular complexity index is 394. The summed E-state index contributed by atoms with van der Waals surface area (Å²) in [5, 5.41) is 0. The largest absolute Gasteiger partial charge is 0.326 e. The Balaban J connectivity index is 1.70. The lowest BCUT2D eigenvalue weighted by Gasteiger charge is -2.34. The van der Waals surface area contributed by atoms with Gasteiger partial charge in [0.05, 0.1) is 0 Å². The van der Waals surface area contributed by atoms with Crippen molar-refractivity contribution in [3.8, 4) is 0 Å². The van der Waals surface area contributed by atoms with Gasteiger partial charge in [-0.25, -0.2) is 0 Å². The Morgan fingerprint density at radius 1 is 1.15 bits per heavy atom. The van der Waals surface area contributed by atoms with E-state index >= 15 is 0 Å². The minimum absolute atomic E-state index is 0.00522. The molecule has 112 valence electrons. The van der Waals surface area contributed by atoms with E-state index in [0.717, 1.165) is 5.92 Å². The van der Waals surface area contributed by atoms with Crippen LogP contribution in [0.2, 0.25) is 0 Å². The molecule has 1 aromatic carbocycles. The van der Waals surface area contributed by atoms with Gasteiger partial charge in [-0.1, -0.05) is 29.8 Å². The second kappa shape index (κ2) is 6.73. The maximum atomic E-state index is 6.13. The summed E-state index contributed by atoms with van der Waals surface area (Å²) in [5.74, 6) is 0.825. The monoisotopic (exact) mass is 274 g/mol. The molecule has 1 heterocycles. The lowest BCUT2D eigenvalue weighted by atomic mass is 9.85. The molecule has 0 unspecified atom stereocenters. The van der Waals surface area contributed by atoms with Crippen LogP contribution in [0.4, 0.5) is 0 Å². The molecule has 1 aliphatic heterocycles. The highest BCUT2D eigenvalue weighted by Gasteiger charge is 2.23. The molecule has 2 rings (SSSR count). The summed E-state index contributed by atoms with van der Waals surface area (Å²) in [4.78, 5) is 2.61. The van der Waals surface area contributed by atoms with Gasteiger partial charge >= 0.3 is 0 Å². The van der Waals surface area contributed by atoms with Gasteiger partial charge in [0.2, 0.25) is 0 Å². The van der Waals surface area contributed by atoms with Crippen LogP contribution in [0.1, 0.15) is 44.2 Å². The first-order valence-corrected chi connectivity index (χ1v) is 7.99. The lowest BCUT2D eigenvalue weighted by molar-refractivity contribution is 0.167. The van der Waals surface area contributed by atoms with Gasteiger partial charge in [-0.2, -0.15) is 0 Å². The molecule has 20 heavy (non-hydrogen) atoms. The van der Waals surface area contributed by atoms with E-state index in [4.69, 9.17) is 5.73 Å². The molecule has 0 aliphatic carbocycles. The van der Waals surface area contributed by atoms with Crippen LogP contribution in [0.15, 0.2) is 24.3 Å². The van der Waals surface area contributed by atoms with Crippen molar-refractivity contribution in [2.24, 2.45) is 11.7 Å². The molecular formula is C18H30N2. The minimum atomic E-state index is -0.00522. The van der Waals surface area contributed by atoms with Crippen LogP contribution in [0.3, 0.4) is 0 Å². The van der Waals surface area contributed by atoms with E-state index in [0.29, 0.717) is 0 Å². The van der Waals surface area contributed by atoms with Crippen molar-refractivity contribution in [3.05, 3.63) is 35.4 Å². The number of hydrogen-bond donors (Lipinski definition) is 1. The number of aryl methyl sites for hydroxylation is 1. The molecule has 0 radical (unpaired) electrons. The first-order chi connectivity index (χ1) is 9.42. The predicted molar refractivity (Wildman–Crippen MR) is 86.9 cm³/mol. The quantitative estimate of drug-likeness (QED) is 0.892. The van der Waals surface area contributed by atoms with Crippen molar-refractivity contribution < 1.29 is 0 Å². The first-order valence-electron chi connectivity index (χ1n) is 7.99. The van der Waals surface area contributed by atoms with Gasteiger partial charge in [-0.15, -0.1) is 0 Å². The fourth-order valence-corrected chi connectivity index (χ4v) is 3.20. The van der Waals surface area contributed by atoms with Gasteiger partial charge in [0.25, 0.3) is 0 Å². The highest BCUT2D eigenvalue weighted by molar-refractivity contribution is 5.21. The zero-order valence-corrected chi connectivity index (χ0v) is 13.4. The maximum Gasteiger partial charge on any atom is 0.00997 e. The average Bonchev–Trinajstić information content (AvgIpc) is 2.38. The number of nitrogens with two attached hydrogens (primary N) is 1. The van der Waals surface area contributed by atoms with Crippen LogP contribution in [-0.2, 0) is 6.42 Å². The Kier molecular flexibility index (Phi) is 5.22. The number of likely N-dealkylation sites (tertiary alicyclic amines) is 1. The number of nitrogens with zero attached hydrogens (tertiary/aromatic N) is 1. The Morgan fingerprint density at radius 2 is 1.75 bits per heavy atom. The van der Waals surface area contributed by atoms with Crippen LogP contribution in [0, 0.1) is 12.8 Å². The third kappa shape index (κ3) is 5.26. The molecule has 1 fully saturated rings. The van der Waals surface area contributed by atoms with Crippen molar-refractivity contribution in [3.63, 3.8) is 0 Å². The summed E-state index contributed by atoms with van der Waals surface area (Å²) < 4.78 is 0. The fourth-order valence-electron chi connectivity index (χ4n) is 3.20. The van der Waals surface area contributed by atoms with Gasteiger partial charge in [-0.3, -0.25) is 0 Å². The van der Waals surface area contributed by atoms with Crippen LogP contribution >= 0.6 is 0 Å². The molecule has 0 amide bonds. The van der Waals surface area contributed by atoms with Crippen LogP contribution in [0.5, 0.6) is 0 Å². The van der Waals surface area contributed by atoms with Crippen LogP contribution in [0.25, 0.3) is 0 Å². The number of piperidine rings is 1. The molecule has 0 aromatic heterocycles. The molecular weight excluding hydrogens is 244 g/mol. The SMILES string of the molecule is Cc1ccc(CCN2CCC(CC(C)(C)N)CC2)cc1. The first kappa shape index (κ1) is 15.5. The number of hydrogen-bond acceptors (Lipinski definition) is 2. The minimum Gasteiger partial charge on any atom is -0.326 e. The molecule has 0 bridgehead atoms. The third-order valence-corrected chi connectivity index (χ3v) is 4.36. The maximum absolute atomic E-state index is 6.13. The molecule has 0 spiro atoms. The van der Waals surface area contributed by atoms with Gasteiger partial charge in [-0.05, 0) is 71.0 Å². The van der Waals surface area contributed by atoms with Crippen molar-refractivity contribution in [2.45, 2.75) is 52.0 Å². The Hall–Kier alpha value is -0.860. The van der Waals surface area contributed by atoms with Crippen LogP contribution < -0.4 is 5.73 Å². The van der Waals surface area contributed by atoms with Gasteiger partial charge < -0.3 is 10.6 Å². The third-order valence-electron chi connectivity index (χ3n) is 4.36. The molecule has 1 saturated heterocycles. The van der Waals surface area contributed by atoms with E-state index in [1.54, 1.807) is 0 Å². The molecule has 0 atom stereocenters. The Morgan fingerprint density at radius 3 is 2.30 bits per heavy atom. The normalized spacial score (nSPS) is 18.4. The second-order valence-electron chi connectivity index (χ2n) is 7.21. The topological polar surface area (TPSA) is 29.3 Å². The highest BCUT2D eigenvalue weighted by Crippen LogP contribution is 2.25. The van der Waals surface area contributed by atoms with Gasteiger partial charge in [0.1, 0.15) is 0 Å². The van der Waals surface area contributed by atoms with Crippen molar-refractivity contribution in [1.82, 2.24) is 4.90 Å². The van der Waals surface area contributed by atoms with Crippen molar-refractivity contribution in [2.75, 3.05) is 19.6 Å².